The second kappa shape index (κ2) is 1.20. The Balaban J connectivity index is 2.31. The summed E-state index contributed by atoms with van der Waals surface area (Å²) in [6.45, 7) is 0. The van der Waals surface area contributed by atoms with E-state index in [0.29, 0.717) is 0 Å². The first-order valence-electron chi connectivity index (χ1n) is 2.71. The Hall–Kier alpha value is -0.800. The zero-order valence-electron chi connectivity index (χ0n) is 4.61. The molecule has 0 saturated carbocycles. The van der Waals surface area contributed by atoms with Crippen molar-refractivity contribution in [3.05, 3.63) is 24.0 Å². The predicted octanol–water partition coefficient (Wildman–Crippen LogP) is 0.0855. The molecule has 3 heteroatoms. The minimum atomic E-state index is -1.09. The molecule has 0 radical (unpaired) electrons. The van der Waals surface area contributed by atoms with E-state index in [-0.39, 0.29) is 11.9 Å². The first-order valence-corrected chi connectivity index (χ1v) is 2.71. The molecule has 0 aromatic carbocycles. The van der Waals surface area contributed by atoms with Gasteiger partial charge in [-0.2, -0.15) is 0 Å². The van der Waals surface area contributed by atoms with Gasteiger partial charge in [-0.15, -0.1) is 0 Å². The van der Waals surface area contributed by atoms with Crippen LogP contribution in [0, 0.1) is 0 Å². The van der Waals surface area contributed by atoms with Crippen LogP contribution >= 0.6 is 0 Å². The van der Waals surface area contributed by atoms with Crippen LogP contribution < -0.4 is 0 Å². The minimum absolute atomic E-state index is 0.155. The molecule has 0 bridgehead atoms. The SMILES string of the molecule is OC1=CC2OC2(O)C=C1. The van der Waals surface area contributed by atoms with Crippen LogP contribution in [0.4, 0.5) is 0 Å². The molecule has 0 aromatic heterocycles. The summed E-state index contributed by atoms with van der Waals surface area (Å²) in [7, 11) is 0. The Morgan fingerprint density at radius 3 is 3.00 bits per heavy atom. The average molecular weight is 126 g/mol. The second-order valence-corrected chi connectivity index (χ2v) is 2.22. The van der Waals surface area contributed by atoms with Crippen LogP contribution in [0.2, 0.25) is 0 Å². The smallest absolute Gasteiger partial charge is 0.217 e. The molecule has 1 aliphatic carbocycles. The van der Waals surface area contributed by atoms with Crippen LogP contribution in [0.5, 0.6) is 0 Å². The summed E-state index contributed by atoms with van der Waals surface area (Å²) < 4.78 is 4.77. The van der Waals surface area contributed by atoms with Gasteiger partial charge in [-0.05, 0) is 18.2 Å². The van der Waals surface area contributed by atoms with E-state index in [0.717, 1.165) is 0 Å². The van der Waals surface area contributed by atoms with E-state index in [9.17, 15) is 0 Å². The zero-order valence-corrected chi connectivity index (χ0v) is 4.61. The molecule has 2 rings (SSSR count). The molecule has 9 heavy (non-hydrogen) atoms. The molecule has 48 valence electrons. The maximum absolute atomic E-state index is 9.10. The highest BCUT2D eigenvalue weighted by atomic mass is 16.7. The predicted molar refractivity (Wildman–Crippen MR) is 29.7 cm³/mol. The number of epoxide rings is 1. The molecule has 1 heterocycles. The quantitative estimate of drug-likeness (QED) is 0.452. The average Bonchev–Trinajstić information content (AvgIpc) is 2.41. The highest BCUT2D eigenvalue weighted by molar-refractivity contribution is 5.30. The van der Waals surface area contributed by atoms with E-state index >= 15 is 0 Å². The summed E-state index contributed by atoms with van der Waals surface area (Å²) in [6, 6.07) is 0. The van der Waals surface area contributed by atoms with Crippen LogP contribution in [0.1, 0.15) is 0 Å². The van der Waals surface area contributed by atoms with Gasteiger partial charge in [0.15, 0.2) is 0 Å². The molecule has 1 saturated heterocycles. The van der Waals surface area contributed by atoms with Crippen molar-refractivity contribution in [2.75, 3.05) is 0 Å². The van der Waals surface area contributed by atoms with Crippen molar-refractivity contribution in [3.63, 3.8) is 0 Å². The van der Waals surface area contributed by atoms with Crippen LogP contribution in [0.3, 0.4) is 0 Å². The Bertz CT molecular complexity index is 206. The topological polar surface area (TPSA) is 53.0 Å². The summed E-state index contributed by atoms with van der Waals surface area (Å²) in [6.07, 6.45) is 4.01. The fraction of sp³-hybridized carbons (Fsp3) is 0.333. The summed E-state index contributed by atoms with van der Waals surface area (Å²) >= 11 is 0. The van der Waals surface area contributed by atoms with Gasteiger partial charge in [0.25, 0.3) is 0 Å². The third-order valence-corrected chi connectivity index (χ3v) is 1.48. The number of ether oxygens (including phenoxy) is 1. The van der Waals surface area contributed by atoms with Crippen LogP contribution in [-0.2, 0) is 4.74 Å². The van der Waals surface area contributed by atoms with Crippen LogP contribution in [-0.4, -0.2) is 22.1 Å². The molecule has 2 unspecified atom stereocenters. The number of aliphatic hydroxyl groups is 2. The molecule has 3 nitrogen and oxygen atoms in total. The summed E-state index contributed by atoms with van der Waals surface area (Å²) in [5.74, 6) is -0.936. The lowest BCUT2D eigenvalue weighted by Gasteiger charge is -1.99. The normalized spacial score (nSPS) is 45.9. The number of allylic oxidation sites excluding steroid dienone is 1. The fourth-order valence-electron chi connectivity index (χ4n) is 0.872. The molecule has 2 N–H and O–H groups in total. The molecule has 2 atom stereocenters. The molecule has 0 amide bonds. The van der Waals surface area contributed by atoms with Crippen molar-refractivity contribution in [2.45, 2.75) is 11.9 Å². The van der Waals surface area contributed by atoms with Gasteiger partial charge in [0, 0.05) is 0 Å². The second-order valence-electron chi connectivity index (χ2n) is 2.22. The monoisotopic (exact) mass is 126 g/mol. The number of fused-ring (bicyclic) bond motifs is 1. The molecule has 1 fully saturated rings. The van der Waals surface area contributed by atoms with Gasteiger partial charge in [-0.3, -0.25) is 0 Å². The molecule has 0 aromatic rings. The first-order chi connectivity index (χ1) is 4.21. The van der Waals surface area contributed by atoms with Crippen LogP contribution in [0.15, 0.2) is 24.0 Å². The standard InChI is InChI=1S/C6H6O3/c7-4-1-2-6(8)5(3-4)9-6/h1-3,5,7-8H. The van der Waals surface area contributed by atoms with Crippen LogP contribution in [0.25, 0.3) is 0 Å². The largest absolute Gasteiger partial charge is 0.508 e. The van der Waals surface area contributed by atoms with Crippen molar-refractivity contribution >= 4 is 0 Å². The zero-order chi connectivity index (χ0) is 6.48. The van der Waals surface area contributed by atoms with E-state index in [2.05, 4.69) is 0 Å². The van der Waals surface area contributed by atoms with Crippen molar-refractivity contribution in [1.29, 1.82) is 0 Å². The lowest BCUT2D eigenvalue weighted by atomic mass is 10.1. The molecule has 1 aliphatic heterocycles. The minimum Gasteiger partial charge on any atom is -0.508 e. The molecular weight excluding hydrogens is 120 g/mol. The lowest BCUT2D eigenvalue weighted by molar-refractivity contribution is 0.0822. The van der Waals surface area contributed by atoms with Gasteiger partial charge >= 0.3 is 0 Å². The van der Waals surface area contributed by atoms with E-state index in [1.807, 2.05) is 0 Å². The van der Waals surface area contributed by atoms with E-state index in [1.165, 1.54) is 18.2 Å². The van der Waals surface area contributed by atoms with Gasteiger partial charge in [0.1, 0.15) is 11.9 Å². The van der Waals surface area contributed by atoms with Crippen molar-refractivity contribution < 1.29 is 14.9 Å². The third-order valence-electron chi connectivity index (χ3n) is 1.48. The number of hydrogen-bond donors (Lipinski definition) is 2. The van der Waals surface area contributed by atoms with Gasteiger partial charge in [-0.25, -0.2) is 0 Å². The van der Waals surface area contributed by atoms with Crippen molar-refractivity contribution in [3.8, 4) is 0 Å². The Morgan fingerprint density at radius 1 is 1.67 bits per heavy atom. The third kappa shape index (κ3) is 0.588. The van der Waals surface area contributed by atoms with E-state index < -0.39 is 5.79 Å². The number of aliphatic hydroxyl groups excluding tert-OH is 1. The van der Waals surface area contributed by atoms with Gasteiger partial charge in [0.2, 0.25) is 5.79 Å². The Labute approximate surface area is 51.9 Å². The molecule has 0 spiro atoms. The summed E-state index contributed by atoms with van der Waals surface area (Å²) in [4.78, 5) is 0. The number of rotatable bonds is 0. The van der Waals surface area contributed by atoms with Crippen molar-refractivity contribution in [1.82, 2.24) is 0 Å². The maximum Gasteiger partial charge on any atom is 0.217 e. The number of hydrogen-bond acceptors (Lipinski definition) is 3. The van der Waals surface area contributed by atoms with E-state index in [4.69, 9.17) is 14.9 Å². The molecular formula is C6H6O3. The van der Waals surface area contributed by atoms with Gasteiger partial charge < -0.3 is 14.9 Å². The maximum atomic E-state index is 9.10. The summed E-state index contributed by atoms with van der Waals surface area (Å²) in [5.41, 5.74) is 0. The van der Waals surface area contributed by atoms with Gasteiger partial charge in [-0.1, -0.05) is 0 Å². The summed E-state index contributed by atoms with van der Waals surface area (Å²) in [5, 5.41) is 17.9. The van der Waals surface area contributed by atoms with E-state index in [1.54, 1.807) is 0 Å². The highest BCUT2D eigenvalue weighted by Gasteiger charge is 2.53. The molecule has 2 aliphatic rings. The van der Waals surface area contributed by atoms with Crippen molar-refractivity contribution in [2.24, 2.45) is 0 Å². The highest BCUT2D eigenvalue weighted by Crippen LogP contribution is 2.39. The first kappa shape index (κ1) is 5.02. The Kier molecular flexibility index (Phi) is 0.668. The Morgan fingerprint density at radius 2 is 2.44 bits per heavy atom. The van der Waals surface area contributed by atoms with Gasteiger partial charge in [0.05, 0.1) is 0 Å². The fourth-order valence-corrected chi connectivity index (χ4v) is 0.872. The lowest BCUT2D eigenvalue weighted by Crippen LogP contribution is -2.11.